The molecule has 0 unspecified atom stereocenters. The van der Waals surface area contributed by atoms with Gasteiger partial charge in [-0.25, -0.2) is 4.98 Å². The quantitative estimate of drug-likeness (QED) is 0.679. The molecule has 3 aromatic rings. The number of aromatic nitrogens is 1. The fraction of sp³-hybridized carbons (Fsp3) is 0. The monoisotopic (exact) mass is 337 g/mol. The first kappa shape index (κ1) is 14.1. The Balaban J connectivity index is 1.88. The summed E-state index contributed by atoms with van der Waals surface area (Å²) in [6.45, 7) is 0. The number of nitrogens with zero attached hydrogens (tertiary/aromatic N) is 1. The van der Waals surface area contributed by atoms with Gasteiger partial charge in [0.05, 0.1) is 10.2 Å². The number of benzene rings is 2. The smallest absolute Gasteiger partial charge is 0.257 e. The van der Waals surface area contributed by atoms with Gasteiger partial charge in [0.1, 0.15) is 0 Å². The molecule has 0 bridgehead atoms. The first-order valence-electron chi connectivity index (χ1n) is 5.95. The predicted octanol–water partition coefficient (Wildman–Crippen LogP) is 4.44. The number of hydrogen-bond donors (Lipinski definition) is 2. The van der Waals surface area contributed by atoms with Crippen LogP contribution in [0.3, 0.4) is 0 Å². The number of carbonyl (C=O) groups is 1. The van der Waals surface area contributed by atoms with E-state index in [0.29, 0.717) is 26.4 Å². The van der Waals surface area contributed by atoms with Gasteiger partial charge >= 0.3 is 0 Å². The van der Waals surface area contributed by atoms with E-state index in [9.17, 15) is 4.79 Å². The number of amides is 1. The SMILES string of the molecule is Nc1ccc2nc(NC(=O)c3cc(Cl)cc(Cl)c3)sc2c1. The number of carbonyl (C=O) groups excluding carboxylic acids is 1. The zero-order chi connectivity index (χ0) is 15.0. The number of hydrogen-bond acceptors (Lipinski definition) is 4. The maximum atomic E-state index is 12.2. The first-order chi connectivity index (χ1) is 10.0. The average molecular weight is 338 g/mol. The third-order valence-corrected chi connectivity index (χ3v) is 4.13. The van der Waals surface area contributed by atoms with E-state index in [2.05, 4.69) is 10.3 Å². The summed E-state index contributed by atoms with van der Waals surface area (Å²) in [6, 6.07) is 10.1. The molecule has 0 spiro atoms. The highest BCUT2D eigenvalue weighted by Crippen LogP contribution is 2.28. The van der Waals surface area contributed by atoms with Gasteiger partial charge in [-0.05, 0) is 36.4 Å². The lowest BCUT2D eigenvalue weighted by atomic mass is 10.2. The standard InChI is InChI=1S/C14H9Cl2N3OS/c15-8-3-7(4-9(16)5-8)13(20)19-14-18-11-2-1-10(17)6-12(11)21-14/h1-6H,17H2,(H,18,19,20). The van der Waals surface area contributed by atoms with Gasteiger partial charge < -0.3 is 5.73 Å². The van der Waals surface area contributed by atoms with Crippen LogP contribution in [0.4, 0.5) is 10.8 Å². The summed E-state index contributed by atoms with van der Waals surface area (Å²) in [4.78, 5) is 16.5. The number of rotatable bonds is 2. The second-order valence-corrected chi connectivity index (χ2v) is 6.26. The molecule has 0 saturated heterocycles. The highest BCUT2D eigenvalue weighted by Gasteiger charge is 2.11. The van der Waals surface area contributed by atoms with Gasteiger partial charge in [0.2, 0.25) is 0 Å². The van der Waals surface area contributed by atoms with Crippen molar-refractivity contribution in [2.45, 2.75) is 0 Å². The molecule has 0 atom stereocenters. The van der Waals surface area contributed by atoms with Crippen molar-refractivity contribution >= 4 is 61.5 Å². The average Bonchev–Trinajstić information content (AvgIpc) is 2.78. The Morgan fingerprint density at radius 1 is 1.14 bits per heavy atom. The molecule has 0 saturated carbocycles. The molecule has 7 heteroatoms. The van der Waals surface area contributed by atoms with Crippen LogP contribution >= 0.6 is 34.5 Å². The third-order valence-electron chi connectivity index (χ3n) is 2.76. The van der Waals surface area contributed by atoms with E-state index in [1.807, 2.05) is 12.1 Å². The molecular weight excluding hydrogens is 329 g/mol. The van der Waals surface area contributed by atoms with Crippen LogP contribution in [0.2, 0.25) is 10.0 Å². The molecule has 1 heterocycles. The summed E-state index contributed by atoms with van der Waals surface area (Å²) in [5.74, 6) is -0.313. The number of nitrogens with one attached hydrogen (secondary N) is 1. The maximum Gasteiger partial charge on any atom is 0.257 e. The Morgan fingerprint density at radius 3 is 2.57 bits per heavy atom. The minimum Gasteiger partial charge on any atom is -0.399 e. The summed E-state index contributed by atoms with van der Waals surface area (Å²) >= 11 is 13.1. The van der Waals surface area contributed by atoms with Crippen molar-refractivity contribution in [1.29, 1.82) is 0 Å². The molecule has 0 aliphatic carbocycles. The van der Waals surface area contributed by atoms with Gasteiger partial charge in [0.15, 0.2) is 5.13 Å². The lowest BCUT2D eigenvalue weighted by Crippen LogP contribution is -2.11. The zero-order valence-electron chi connectivity index (χ0n) is 10.6. The van der Waals surface area contributed by atoms with Gasteiger partial charge in [-0.1, -0.05) is 34.5 Å². The Morgan fingerprint density at radius 2 is 1.86 bits per heavy atom. The van der Waals surface area contributed by atoms with E-state index in [1.54, 1.807) is 24.3 Å². The van der Waals surface area contributed by atoms with Crippen molar-refractivity contribution in [3.05, 3.63) is 52.0 Å². The van der Waals surface area contributed by atoms with Crippen molar-refractivity contribution in [2.24, 2.45) is 0 Å². The number of thiazole rings is 1. The lowest BCUT2D eigenvalue weighted by molar-refractivity contribution is 0.102. The summed E-state index contributed by atoms with van der Waals surface area (Å²) in [7, 11) is 0. The molecule has 1 amide bonds. The Bertz CT molecular complexity index is 827. The number of anilines is 2. The van der Waals surface area contributed by atoms with Crippen LogP contribution in [-0.4, -0.2) is 10.9 Å². The molecule has 106 valence electrons. The molecule has 0 radical (unpaired) electrons. The maximum absolute atomic E-state index is 12.2. The van der Waals surface area contributed by atoms with E-state index in [4.69, 9.17) is 28.9 Å². The highest BCUT2D eigenvalue weighted by molar-refractivity contribution is 7.22. The molecule has 1 aromatic heterocycles. The van der Waals surface area contributed by atoms with E-state index >= 15 is 0 Å². The largest absolute Gasteiger partial charge is 0.399 e. The van der Waals surface area contributed by atoms with E-state index < -0.39 is 0 Å². The van der Waals surface area contributed by atoms with Crippen molar-refractivity contribution in [1.82, 2.24) is 4.98 Å². The Labute approximate surface area is 134 Å². The molecule has 3 N–H and O–H groups in total. The fourth-order valence-electron chi connectivity index (χ4n) is 1.85. The topological polar surface area (TPSA) is 68.0 Å². The van der Waals surface area contributed by atoms with Crippen LogP contribution < -0.4 is 11.1 Å². The van der Waals surface area contributed by atoms with Crippen molar-refractivity contribution in [2.75, 3.05) is 11.1 Å². The minimum absolute atomic E-state index is 0.313. The normalized spacial score (nSPS) is 10.8. The van der Waals surface area contributed by atoms with Gasteiger partial charge in [-0.2, -0.15) is 0 Å². The van der Waals surface area contributed by atoms with Crippen LogP contribution in [0, 0.1) is 0 Å². The predicted molar refractivity (Wildman–Crippen MR) is 88.4 cm³/mol. The lowest BCUT2D eigenvalue weighted by Gasteiger charge is -2.02. The minimum atomic E-state index is -0.313. The number of fused-ring (bicyclic) bond motifs is 1. The molecule has 4 nitrogen and oxygen atoms in total. The van der Waals surface area contributed by atoms with E-state index in [1.165, 1.54) is 11.3 Å². The van der Waals surface area contributed by atoms with Crippen LogP contribution in [0.25, 0.3) is 10.2 Å². The summed E-state index contributed by atoms with van der Waals surface area (Å²) in [6.07, 6.45) is 0. The van der Waals surface area contributed by atoms with Gasteiger partial charge in [-0.15, -0.1) is 0 Å². The molecule has 0 fully saturated rings. The molecule has 21 heavy (non-hydrogen) atoms. The van der Waals surface area contributed by atoms with Gasteiger partial charge in [-0.3, -0.25) is 10.1 Å². The van der Waals surface area contributed by atoms with Crippen LogP contribution in [0.15, 0.2) is 36.4 Å². The number of halogens is 2. The summed E-state index contributed by atoms with van der Waals surface area (Å²) in [5, 5.41) is 4.04. The van der Waals surface area contributed by atoms with Crippen molar-refractivity contribution in [3.63, 3.8) is 0 Å². The zero-order valence-corrected chi connectivity index (χ0v) is 12.9. The van der Waals surface area contributed by atoms with Gasteiger partial charge in [0, 0.05) is 21.3 Å². The summed E-state index contributed by atoms with van der Waals surface area (Å²) in [5.41, 5.74) is 7.55. The van der Waals surface area contributed by atoms with Crippen LogP contribution in [0.1, 0.15) is 10.4 Å². The Hall–Kier alpha value is -1.82. The Kier molecular flexibility index (Phi) is 3.71. The molecular formula is C14H9Cl2N3OS. The third kappa shape index (κ3) is 3.10. The first-order valence-corrected chi connectivity index (χ1v) is 7.52. The van der Waals surface area contributed by atoms with Crippen molar-refractivity contribution in [3.8, 4) is 0 Å². The van der Waals surface area contributed by atoms with Crippen LogP contribution in [0.5, 0.6) is 0 Å². The molecule has 3 rings (SSSR count). The highest BCUT2D eigenvalue weighted by atomic mass is 35.5. The van der Waals surface area contributed by atoms with Crippen LogP contribution in [-0.2, 0) is 0 Å². The second kappa shape index (κ2) is 5.52. The number of nitrogens with two attached hydrogens (primary N) is 1. The van der Waals surface area contributed by atoms with E-state index in [-0.39, 0.29) is 5.91 Å². The molecule has 2 aromatic carbocycles. The van der Waals surface area contributed by atoms with Gasteiger partial charge in [0.25, 0.3) is 5.91 Å². The summed E-state index contributed by atoms with van der Waals surface area (Å²) < 4.78 is 0.912. The fourth-order valence-corrected chi connectivity index (χ4v) is 3.28. The second-order valence-electron chi connectivity index (χ2n) is 4.36. The molecule has 0 aliphatic rings. The van der Waals surface area contributed by atoms with E-state index in [0.717, 1.165) is 10.2 Å². The molecule has 0 aliphatic heterocycles. The number of nitrogen functional groups attached to an aromatic ring is 1. The van der Waals surface area contributed by atoms with Crippen molar-refractivity contribution < 1.29 is 4.79 Å².